The van der Waals surface area contributed by atoms with Gasteiger partial charge >= 0.3 is 0 Å². The smallest absolute Gasteiger partial charge is 0.234 e. The predicted octanol–water partition coefficient (Wildman–Crippen LogP) is 3.18. The van der Waals surface area contributed by atoms with Crippen LogP contribution in [0.3, 0.4) is 0 Å². The minimum Gasteiger partial charge on any atom is -0.342 e. The Balaban J connectivity index is 1.91. The number of hydrogen-bond donors (Lipinski definition) is 0. The van der Waals surface area contributed by atoms with E-state index in [4.69, 9.17) is 0 Å². The van der Waals surface area contributed by atoms with Gasteiger partial charge < -0.3 is 4.90 Å². The summed E-state index contributed by atoms with van der Waals surface area (Å²) in [4.78, 5) is 16.2. The van der Waals surface area contributed by atoms with Gasteiger partial charge in [0.05, 0.1) is 5.41 Å². The maximum Gasteiger partial charge on any atom is 0.234 e. The molecule has 1 aromatic heterocycles. The number of likely N-dealkylation sites (tertiary alicyclic amines) is 1. The van der Waals surface area contributed by atoms with E-state index >= 15 is 0 Å². The van der Waals surface area contributed by atoms with E-state index in [0.717, 1.165) is 25.9 Å². The third-order valence-electron chi connectivity index (χ3n) is 4.25. The molecule has 2 nitrogen and oxygen atoms in total. The van der Waals surface area contributed by atoms with Crippen molar-refractivity contribution >= 4 is 17.2 Å². The van der Waals surface area contributed by atoms with Crippen LogP contribution in [0.5, 0.6) is 0 Å². The molecule has 2 fully saturated rings. The van der Waals surface area contributed by atoms with Crippen LogP contribution in [0.1, 0.15) is 43.4 Å². The van der Waals surface area contributed by atoms with E-state index in [1.54, 1.807) is 11.3 Å². The summed E-state index contributed by atoms with van der Waals surface area (Å²) in [5.41, 5.74) is -0.154. The van der Waals surface area contributed by atoms with Crippen LogP contribution in [0, 0.1) is 0 Å². The highest BCUT2D eigenvalue weighted by molar-refractivity contribution is 7.10. The van der Waals surface area contributed by atoms with E-state index in [1.165, 1.54) is 30.6 Å². The second-order valence-electron chi connectivity index (χ2n) is 5.27. The molecule has 92 valence electrons. The summed E-state index contributed by atoms with van der Waals surface area (Å²) in [5.74, 6) is 0.412. The molecule has 0 bridgehead atoms. The summed E-state index contributed by atoms with van der Waals surface area (Å²) < 4.78 is 0. The fourth-order valence-electron chi connectivity index (χ4n) is 3.32. The van der Waals surface area contributed by atoms with Crippen LogP contribution in [0.4, 0.5) is 0 Å². The number of nitrogens with zero attached hydrogens (tertiary/aromatic N) is 1. The van der Waals surface area contributed by atoms with Gasteiger partial charge in [0.15, 0.2) is 0 Å². The van der Waals surface area contributed by atoms with Crippen LogP contribution in [-0.2, 0) is 10.2 Å². The van der Waals surface area contributed by atoms with Crippen molar-refractivity contribution in [1.29, 1.82) is 0 Å². The van der Waals surface area contributed by atoms with Gasteiger partial charge in [0.25, 0.3) is 0 Å². The lowest BCUT2D eigenvalue weighted by molar-refractivity contribution is -0.136. The third-order valence-corrected chi connectivity index (χ3v) is 5.33. The number of hydrogen-bond acceptors (Lipinski definition) is 2. The van der Waals surface area contributed by atoms with Gasteiger partial charge in [-0.25, -0.2) is 0 Å². The molecule has 2 aliphatic rings. The molecular weight excluding hydrogens is 230 g/mol. The van der Waals surface area contributed by atoms with Gasteiger partial charge in [-0.05, 0) is 37.1 Å². The highest BCUT2D eigenvalue weighted by atomic mass is 32.1. The first-order valence-electron chi connectivity index (χ1n) is 6.66. The number of rotatable bonds is 2. The largest absolute Gasteiger partial charge is 0.342 e. The summed E-state index contributed by atoms with van der Waals surface area (Å²) in [6.07, 6.45) is 6.90. The van der Waals surface area contributed by atoms with Gasteiger partial charge in [-0.3, -0.25) is 4.79 Å². The maximum absolute atomic E-state index is 12.8. The van der Waals surface area contributed by atoms with E-state index in [9.17, 15) is 4.79 Å². The summed E-state index contributed by atoms with van der Waals surface area (Å²) in [5, 5.41) is 2.10. The third kappa shape index (κ3) is 1.81. The molecule has 3 heteroatoms. The van der Waals surface area contributed by atoms with Crippen LogP contribution in [-0.4, -0.2) is 23.9 Å². The molecule has 3 rings (SSSR count). The van der Waals surface area contributed by atoms with Crippen molar-refractivity contribution < 1.29 is 4.79 Å². The van der Waals surface area contributed by atoms with Crippen LogP contribution in [0.2, 0.25) is 0 Å². The number of amides is 1. The van der Waals surface area contributed by atoms with E-state index in [2.05, 4.69) is 22.4 Å². The van der Waals surface area contributed by atoms with Gasteiger partial charge in [0.1, 0.15) is 0 Å². The Morgan fingerprint density at radius 2 is 1.88 bits per heavy atom. The van der Waals surface area contributed by atoms with Crippen LogP contribution >= 0.6 is 11.3 Å². The Kier molecular flexibility index (Phi) is 2.95. The molecule has 0 atom stereocenters. The first-order chi connectivity index (χ1) is 8.33. The first kappa shape index (κ1) is 11.3. The van der Waals surface area contributed by atoms with Crippen molar-refractivity contribution in [3.8, 4) is 0 Å². The van der Waals surface area contributed by atoms with Crippen molar-refractivity contribution in [3.05, 3.63) is 22.4 Å². The summed E-state index contributed by atoms with van der Waals surface area (Å²) in [7, 11) is 0. The minimum absolute atomic E-state index is 0.154. The lowest BCUT2D eigenvalue weighted by atomic mass is 9.83. The molecule has 2 heterocycles. The molecule has 1 amide bonds. The van der Waals surface area contributed by atoms with Crippen molar-refractivity contribution in [3.63, 3.8) is 0 Å². The molecule has 0 spiro atoms. The standard InChI is InChI=1S/C14H19NOS/c16-13(15-9-3-4-10-15)14(7-1-2-8-14)12-6-5-11-17-12/h5-6,11H,1-4,7-10H2. The zero-order chi connectivity index (χ0) is 11.7. The number of carbonyl (C=O) groups excluding carboxylic acids is 1. The van der Waals surface area contributed by atoms with Crippen LogP contribution < -0.4 is 0 Å². The van der Waals surface area contributed by atoms with Gasteiger partial charge in [0.2, 0.25) is 5.91 Å². The van der Waals surface area contributed by atoms with Crippen molar-refractivity contribution in [2.45, 2.75) is 43.9 Å². The highest BCUT2D eigenvalue weighted by Crippen LogP contribution is 2.44. The fraction of sp³-hybridized carbons (Fsp3) is 0.643. The lowest BCUT2D eigenvalue weighted by Gasteiger charge is -2.31. The van der Waals surface area contributed by atoms with E-state index in [0.29, 0.717) is 5.91 Å². The average Bonchev–Trinajstić information content (AvgIpc) is 3.10. The zero-order valence-electron chi connectivity index (χ0n) is 10.2. The Hall–Kier alpha value is -0.830. The molecule has 0 unspecified atom stereocenters. The van der Waals surface area contributed by atoms with Gasteiger partial charge in [-0.15, -0.1) is 11.3 Å². The van der Waals surface area contributed by atoms with Crippen LogP contribution in [0.25, 0.3) is 0 Å². The Labute approximate surface area is 107 Å². The predicted molar refractivity (Wildman–Crippen MR) is 70.3 cm³/mol. The van der Waals surface area contributed by atoms with Gasteiger partial charge in [0, 0.05) is 18.0 Å². The minimum atomic E-state index is -0.154. The average molecular weight is 249 g/mol. The number of thiophene rings is 1. The van der Waals surface area contributed by atoms with Crippen molar-refractivity contribution in [2.24, 2.45) is 0 Å². The molecule has 0 aromatic carbocycles. The molecular formula is C14H19NOS. The maximum atomic E-state index is 12.8. The summed E-state index contributed by atoms with van der Waals surface area (Å²) in [6.45, 7) is 1.96. The monoisotopic (exact) mass is 249 g/mol. The van der Waals surface area contributed by atoms with Crippen molar-refractivity contribution in [1.82, 2.24) is 4.90 Å². The molecule has 1 aliphatic heterocycles. The zero-order valence-corrected chi connectivity index (χ0v) is 11.0. The van der Waals surface area contributed by atoms with Crippen LogP contribution in [0.15, 0.2) is 17.5 Å². The Morgan fingerprint density at radius 1 is 1.18 bits per heavy atom. The van der Waals surface area contributed by atoms with E-state index in [-0.39, 0.29) is 5.41 Å². The quantitative estimate of drug-likeness (QED) is 0.788. The van der Waals surface area contributed by atoms with E-state index < -0.39 is 0 Å². The second-order valence-corrected chi connectivity index (χ2v) is 6.21. The molecule has 1 aliphatic carbocycles. The first-order valence-corrected chi connectivity index (χ1v) is 7.54. The number of carbonyl (C=O) groups is 1. The Morgan fingerprint density at radius 3 is 2.47 bits per heavy atom. The molecule has 1 saturated heterocycles. The highest BCUT2D eigenvalue weighted by Gasteiger charge is 2.45. The SMILES string of the molecule is O=C(N1CCCC1)C1(c2cccs2)CCCC1. The fourth-order valence-corrected chi connectivity index (χ4v) is 4.30. The Bertz CT molecular complexity index is 386. The normalized spacial score (nSPS) is 23.2. The lowest BCUT2D eigenvalue weighted by Crippen LogP contribution is -2.43. The molecule has 0 N–H and O–H groups in total. The second kappa shape index (κ2) is 4.45. The summed E-state index contributed by atoms with van der Waals surface area (Å²) >= 11 is 1.76. The topological polar surface area (TPSA) is 20.3 Å². The molecule has 0 radical (unpaired) electrons. The molecule has 1 saturated carbocycles. The molecule has 17 heavy (non-hydrogen) atoms. The molecule has 1 aromatic rings. The van der Waals surface area contributed by atoms with E-state index in [1.807, 2.05) is 0 Å². The van der Waals surface area contributed by atoms with Crippen molar-refractivity contribution in [2.75, 3.05) is 13.1 Å². The summed E-state index contributed by atoms with van der Waals surface area (Å²) in [6, 6.07) is 4.24. The van der Waals surface area contributed by atoms with Gasteiger partial charge in [-0.2, -0.15) is 0 Å². The van der Waals surface area contributed by atoms with Gasteiger partial charge in [-0.1, -0.05) is 18.9 Å².